The van der Waals surface area contributed by atoms with Gasteiger partial charge in [-0.15, -0.1) is 0 Å². The van der Waals surface area contributed by atoms with E-state index in [9.17, 15) is 9.18 Å². The Labute approximate surface area is 134 Å². The molecule has 1 unspecified atom stereocenters. The summed E-state index contributed by atoms with van der Waals surface area (Å²) in [4.78, 5) is 12.5. The topological polar surface area (TPSA) is 29.1 Å². The number of halogens is 2. The third-order valence-electron chi connectivity index (χ3n) is 4.05. The lowest BCUT2D eigenvalue weighted by Gasteiger charge is -2.19. The lowest BCUT2D eigenvalue weighted by molar-refractivity contribution is 0.0930. The van der Waals surface area contributed by atoms with Gasteiger partial charge in [0.2, 0.25) is 0 Å². The van der Waals surface area contributed by atoms with Crippen molar-refractivity contribution in [3.8, 4) is 0 Å². The second-order valence-corrected chi connectivity index (χ2v) is 6.24. The Kier molecular flexibility index (Phi) is 4.16. The Morgan fingerprint density at radius 3 is 2.55 bits per heavy atom. The molecule has 1 N–H and O–H groups in total. The molecule has 1 aliphatic rings. The molecule has 0 aromatic heterocycles. The molecule has 0 saturated heterocycles. The smallest absolute Gasteiger partial charge is 0.252 e. The molecular weight excluding hydrogens is 301 g/mol. The summed E-state index contributed by atoms with van der Waals surface area (Å²) in [7, 11) is 0. The highest BCUT2D eigenvalue weighted by Gasteiger charge is 2.33. The summed E-state index contributed by atoms with van der Waals surface area (Å²) in [5.74, 6) is -0.187. The first-order valence-corrected chi connectivity index (χ1v) is 7.75. The first-order chi connectivity index (χ1) is 10.5. The second kappa shape index (κ2) is 6.09. The van der Waals surface area contributed by atoms with E-state index in [1.807, 2.05) is 31.2 Å². The number of carbonyl (C=O) groups excluding carboxylic acids is 1. The van der Waals surface area contributed by atoms with Crippen molar-refractivity contribution in [3.63, 3.8) is 0 Å². The Morgan fingerprint density at radius 1 is 1.23 bits per heavy atom. The van der Waals surface area contributed by atoms with Gasteiger partial charge in [0.15, 0.2) is 0 Å². The van der Waals surface area contributed by atoms with Crippen LogP contribution in [0.2, 0.25) is 5.02 Å². The minimum atomic E-state index is -0.398. The Morgan fingerprint density at radius 2 is 1.91 bits per heavy atom. The fourth-order valence-corrected chi connectivity index (χ4v) is 2.76. The summed E-state index contributed by atoms with van der Waals surface area (Å²) in [5.41, 5.74) is 2.19. The fraction of sp³-hybridized carbons (Fsp3) is 0.278. The molecule has 1 amide bonds. The van der Waals surface area contributed by atoms with Crippen LogP contribution in [-0.2, 0) is 0 Å². The van der Waals surface area contributed by atoms with E-state index in [4.69, 9.17) is 11.6 Å². The van der Waals surface area contributed by atoms with Crippen LogP contribution in [0.5, 0.6) is 0 Å². The third kappa shape index (κ3) is 3.30. The van der Waals surface area contributed by atoms with Gasteiger partial charge in [-0.25, -0.2) is 4.39 Å². The van der Waals surface area contributed by atoms with Crippen LogP contribution in [0.4, 0.5) is 4.39 Å². The fourth-order valence-electron chi connectivity index (χ4n) is 2.63. The van der Waals surface area contributed by atoms with E-state index in [0.717, 1.165) is 24.0 Å². The van der Waals surface area contributed by atoms with Crippen LogP contribution >= 0.6 is 11.6 Å². The molecule has 2 aromatic rings. The lowest BCUT2D eigenvalue weighted by Crippen LogP contribution is -2.30. The molecule has 3 rings (SSSR count). The third-order valence-corrected chi connectivity index (χ3v) is 4.31. The molecule has 2 aromatic carbocycles. The first kappa shape index (κ1) is 15.0. The van der Waals surface area contributed by atoms with E-state index >= 15 is 0 Å². The molecule has 2 nitrogen and oxygen atoms in total. The standard InChI is InChI=1S/C18H17ClFNO/c1-11-2-9-15(20)10-16(11)18(22)21-17(12-3-4-12)13-5-7-14(19)8-6-13/h2,5-10,12,17H,3-4H2,1H3,(H,21,22). The Hall–Kier alpha value is -1.87. The average molecular weight is 318 g/mol. The number of nitrogens with one attached hydrogen (secondary N) is 1. The van der Waals surface area contributed by atoms with E-state index in [0.29, 0.717) is 16.5 Å². The number of amides is 1. The highest BCUT2D eigenvalue weighted by atomic mass is 35.5. The zero-order valence-electron chi connectivity index (χ0n) is 12.3. The predicted octanol–water partition coefficient (Wildman–Crippen LogP) is 4.67. The molecule has 4 heteroatoms. The van der Waals surface area contributed by atoms with Gasteiger partial charge < -0.3 is 5.32 Å². The zero-order chi connectivity index (χ0) is 15.7. The van der Waals surface area contributed by atoms with Crippen molar-refractivity contribution >= 4 is 17.5 Å². The van der Waals surface area contributed by atoms with Gasteiger partial charge in [0, 0.05) is 10.6 Å². The van der Waals surface area contributed by atoms with Crippen molar-refractivity contribution in [2.45, 2.75) is 25.8 Å². The molecule has 0 aliphatic heterocycles. The molecule has 22 heavy (non-hydrogen) atoms. The zero-order valence-corrected chi connectivity index (χ0v) is 13.0. The monoisotopic (exact) mass is 317 g/mol. The molecule has 1 fully saturated rings. The van der Waals surface area contributed by atoms with Gasteiger partial charge in [-0.2, -0.15) is 0 Å². The number of hydrogen-bond donors (Lipinski definition) is 1. The maximum atomic E-state index is 13.4. The van der Waals surface area contributed by atoms with Crippen LogP contribution in [-0.4, -0.2) is 5.91 Å². The van der Waals surface area contributed by atoms with Gasteiger partial charge in [-0.3, -0.25) is 4.79 Å². The maximum Gasteiger partial charge on any atom is 0.252 e. The van der Waals surface area contributed by atoms with Gasteiger partial charge in [0.05, 0.1) is 6.04 Å². The molecule has 1 atom stereocenters. The van der Waals surface area contributed by atoms with Crippen molar-refractivity contribution in [1.29, 1.82) is 0 Å². The summed E-state index contributed by atoms with van der Waals surface area (Å²) in [6.45, 7) is 1.81. The molecule has 1 aliphatic carbocycles. The molecule has 114 valence electrons. The molecule has 0 spiro atoms. The van der Waals surface area contributed by atoms with Crippen LogP contribution in [0.3, 0.4) is 0 Å². The summed E-state index contributed by atoms with van der Waals surface area (Å²) in [5, 5.41) is 3.72. The molecular formula is C18H17ClFNO. The van der Waals surface area contributed by atoms with E-state index in [-0.39, 0.29) is 11.9 Å². The SMILES string of the molecule is Cc1ccc(F)cc1C(=O)NC(c1ccc(Cl)cc1)C1CC1. The average Bonchev–Trinajstić information content (AvgIpc) is 3.33. The van der Waals surface area contributed by atoms with E-state index in [2.05, 4.69) is 5.32 Å². The van der Waals surface area contributed by atoms with E-state index in [1.54, 1.807) is 6.07 Å². The number of aryl methyl sites for hydroxylation is 1. The normalized spacial score (nSPS) is 15.4. The van der Waals surface area contributed by atoms with E-state index < -0.39 is 5.82 Å². The number of hydrogen-bond acceptors (Lipinski definition) is 1. The minimum Gasteiger partial charge on any atom is -0.345 e. The van der Waals surface area contributed by atoms with Gasteiger partial charge in [-0.05, 0) is 61.1 Å². The van der Waals surface area contributed by atoms with Gasteiger partial charge in [-0.1, -0.05) is 29.8 Å². The summed E-state index contributed by atoms with van der Waals surface area (Å²) in [6, 6.07) is 11.7. The second-order valence-electron chi connectivity index (χ2n) is 5.80. The van der Waals surface area contributed by atoms with Crippen molar-refractivity contribution < 1.29 is 9.18 Å². The van der Waals surface area contributed by atoms with Crippen molar-refractivity contribution in [2.24, 2.45) is 5.92 Å². The minimum absolute atomic E-state index is 0.0487. The number of carbonyl (C=O) groups is 1. The highest BCUT2D eigenvalue weighted by molar-refractivity contribution is 6.30. The van der Waals surface area contributed by atoms with Gasteiger partial charge in [0.1, 0.15) is 5.82 Å². The van der Waals surface area contributed by atoms with Gasteiger partial charge in [0.25, 0.3) is 5.91 Å². The summed E-state index contributed by atoms with van der Waals surface area (Å²) in [6.07, 6.45) is 2.19. The number of benzene rings is 2. The molecule has 0 heterocycles. The highest BCUT2D eigenvalue weighted by Crippen LogP contribution is 2.41. The summed E-state index contributed by atoms with van der Waals surface area (Å²) < 4.78 is 13.4. The first-order valence-electron chi connectivity index (χ1n) is 7.37. The van der Waals surface area contributed by atoms with Crippen molar-refractivity contribution in [3.05, 3.63) is 70.0 Å². The molecule has 0 bridgehead atoms. The van der Waals surface area contributed by atoms with Crippen LogP contribution in [0.1, 0.15) is 40.4 Å². The number of rotatable bonds is 4. The lowest BCUT2D eigenvalue weighted by atomic mass is 10.0. The van der Waals surface area contributed by atoms with Crippen molar-refractivity contribution in [2.75, 3.05) is 0 Å². The Bertz CT molecular complexity index is 695. The van der Waals surface area contributed by atoms with Crippen molar-refractivity contribution in [1.82, 2.24) is 5.32 Å². The largest absolute Gasteiger partial charge is 0.345 e. The maximum absolute atomic E-state index is 13.4. The van der Waals surface area contributed by atoms with Crippen LogP contribution < -0.4 is 5.32 Å². The van der Waals surface area contributed by atoms with Crippen LogP contribution in [0.15, 0.2) is 42.5 Å². The van der Waals surface area contributed by atoms with Crippen LogP contribution in [0, 0.1) is 18.7 Å². The molecule has 0 radical (unpaired) electrons. The van der Waals surface area contributed by atoms with Gasteiger partial charge >= 0.3 is 0 Å². The predicted molar refractivity (Wildman–Crippen MR) is 85.5 cm³/mol. The Balaban J connectivity index is 1.83. The van der Waals surface area contributed by atoms with Crippen LogP contribution in [0.25, 0.3) is 0 Å². The molecule has 1 saturated carbocycles. The quantitative estimate of drug-likeness (QED) is 0.872. The summed E-state index contributed by atoms with van der Waals surface area (Å²) >= 11 is 5.92. The van der Waals surface area contributed by atoms with E-state index in [1.165, 1.54) is 12.1 Å².